The zero-order valence-corrected chi connectivity index (χ0v) is 9.33. The van der Waals surface area contributed by atoms with Crippen molar-refractivity contribution in [3.8, 4) is 5.75 Å². The van der Waals surface area contributed by atoms with E-state index in [1.807, 2.05) is 7.05 Å². The minimum absolute atomic E-state index is 0.476. The highest BCUT2D eigenvalue weighted by atomic mass is 16.5. The molecule has 0 aromatic heterocycles. The van der Waals surface area contributed by atoms with Crippen LogP contribution in [0.3, 0.4) is 0 Å². The average Bonchev–Trinajstić information content (AvgIpc) is 2.21. The van der Waals surface area contributed by atoms with Crippen molar-refractivity contribution in [1.82, 2.24) is 5.32 Å². The minimum atomic E-state index is 0.476. The lowest BCUT2D eigenvalue weighted by atomic mass is 9.96. The Morgan fingerprint density at radius 3 is 2.93 bits per heavy atom. The maximum Gasteiger partial charge on any atom is 0.119 e. The van der Waals surface area contributed by atoms with Crippen molar-refractivity contribution in [3.63, 3.8) is 0 Å². The lowest BCUT2D eigenvalue weighted by molar-refractivity contribution is 0.120. The molecule has 0 amide bonds. The van der Waals surface area contributed by atoms with Crippen molar-refractivity contribution in [3.05, 3.63) is 29.8 Å². The number of hydrogen-bond donors (Lipinski definition) is 1. The molecule has 0 spiro atoms. The summed E-state index contributed by atoms with van der Waals surface area (Å²) in [7, 11) is 1.98. The van der Waals surface area contributed by atoms with Gasteiger partial charge in [-0.3, -0.25) is 0 Å². The Bertz CT molecular complexity index is 307. The third kappa shape index (κ3) is 2.96. The summed E-state index contributed by atoms with van der Waals surface area (Å²) in [6, 6.07) is 8.46. The van der Waals surface area contributed by atoms with Gasteiger partial charge in [-0.15, -0.1) is 0 Å². The van der Waals surface area contributed by atoms with Gasteiger partial charge in [0.05, 0.1) is 6.10 Å². The second kappa shape index (κ2) is 5.17. The van der Waals surface area contributed by atoms with Crippen molar-refractivity contribution in [1.29, 1.82) is 0 Å². The molecule has 1 saturated carbocycles. The summed E-state index contributed by atoms with van der Waals surface area (Å²) in [4.78, 5) is 0. The number of benzene rings is 1. The molecule has 0 bridgehead atoms. The van der Waals surface area contributed by atoms with Gasteiger partial charge in [0, 0.05) is 0 Å². The second-order valence-electron chi connectivity index (χ2n) is 4.17. The third-order valence-corrected chi connectivity index (χ3v) is 2.92. The molecule has 0 radical (unpaired) electrons. The van der Waals surface area contributed by atoms with E-state index in [0.29, 0.717) is 6.10 Å². The second-order valence-corrected chi connectivity index (χ2v) is 4.17. The van der Waals surface area contributed by atoms with Gasteiger partial charge in [-0.1, -0.05) is 12.1 Å². The molecule has 0 saturated heterocycles. The lowest BCUT2D eigenvalue weighted by Gasteiger charge is -2.26. The standard InChI is InChI=1S/C13H19NO/c1-14-9-8-11-4-2-7-13(10-11)15-12-5-3-6-12/h2,4,7,10,12,14H,3,5-6,8-9H2,1H3. The maximum atomic E-state index is 5.85. The number of likely N-dealkylation sites (N-methyl/N-ethyl adjacent to an activating group) is 1. The van der Waals surface area contributed by atoms with Crippen LogP contribution in [0.4, 0.5) is 0 Å². The zero-order valence-electron chi connectivity index (χ0n) is 9.33. The molecule has 82 valence electrons. The minimum Gasteiger partial charge on any atom is -0.490 e. The van der Waals surface area contributed by atoms with E-state index in [1.165, 1.54) is 24.8 Å². The van der Waals surface area contributed by atoms with Crippen molar-refractivity contribution in [2.45, 2.75) is 31.8 Å². The van der Waals surface area contributed by atoms with E-state index in [0.717, 1.165) is 18.7 Å². The smallest absolute Gasteiger partial charge is 0.119 e. The predicted octanol–water partition coefficient (Wildman–Crippen LogP) is 2.38. The number of nitrogens with one attached hydrogen (secondary N) is 1. The van der Waals surface area contributed by atoms with Crippen LogP contribution in [-0.2, 0) is 6.42 Å². The van der Waals surface area contributed by atoms with Gasteiger partial charge in [-0.25, -0.2) is 0 Å². The monoisotopic (exact) mass is 205 g/mol. The fourth-order valence-electron chi connectivity index (χ4n) is 1.72. The molecule has 2 heteroatoms. The molecular formula is C13H19NO. The van der Waals surface area contributed by atoms with Gasteiger partial charge in [0.2, 0.25) is 0 Å². The van der Waals surface area contributed by atoms with E-state index in [1.54, 1.807) is 0 Å². The van der Waals surface area contributed by atoms with E-state index in [9.17, 15) is 0 Å². The van der Waals surface area contributed by atoms with Crippen LogP contribution in [0.15, 0.2) is 24.3 Å². The molecule has 0 heterocycles. The van der Waals surface area contributed by atoms with Crippen molar-refractivity contribution < 1.29 is 4.74 Å². The van der Waals surface area contributed by atoms with E-state index >= 15 is 0 Å². The Morgan fingerprint density at radius 2 is 2.27 bits per heavy atom. The van der Waals surface area contributed by atoms with E-state index in [2.05, 4.69) is 29.6 Å². The molecule has 1 N–H and O–H groups in total. The van der Waals surface area contributed by atoms with Gasteiger partial charge < -0.3 is 10.1 Å². The normalized spacial score (nSPS) is 16.1. The Morgan fingerprint density at radius 1 is 1.40 bits per heavy atom. The van der Waals surface area contributed by atoms with Gasteiger partial charge in [0.25, 0.3) is 0 Å². The van der Waals surface area contributed by atoms with Crippen molar-refractivity contribution in [2.24, 2.45) is 0 Å². The molecule has 0 aliphatic heterocycles. The molecule has 1 fully saturated rings. The fraction of sp³-hybridized carbons (Fsp3) is 0.538. The first kappa shape index (κ1) is 10.5. The largest absolute Gasteiger partial charge is 0.490 e. The fourth-order valence-corrected chi connectivity index (χ4v) is 1.72. The van der Waals surface area contributed by atoms with Crippen molar-refractivity contribution in [2.75, 3.05) is 13.6 Å². The summed E-state index contributed by atoms with van der Waals surface area (Å²) < 4.78 is 5.85. The first-order valence-electron chi connectivity index (χ1n) is 5.78. The number of hydrogen-bond acceptors (Lipinski definition) is 2. The summed E-state index contributed by atoms with van der Waals surface area (Å²) in [5, 5.41) is 3.16. The van der Waals surface area contributed by atoms with Gasteiger partial charge in [-0.2, -0.15) is 0 Å². The molecule has 1 aliphatic rings. The van der Waals surface area contributed by atoms with Gasteiger partial charge in [0.15, 0.2) is 0 Å². The van der Waals surface area contributed by atoms with E-state index < -0.39 is 0 Å². The van der Waals surface area contributed by atoms with E-state index in [-0.39, 0.29) is 0 Å². The Kier molecular flexibility index (Phi) is 3.62. The van der Waals surface area contributed by atoms with Gasteiger partial charge in [0.1, 0.15) is 5.75 Å². The van der Waals surface area contributed by atoms with Gasteiger partial charge >= 0.3 is 0 Å². The third-order valence-electron chi connectivity index (χ3n) is 2.92. The lowest BCUT2D eigenvalue weighted by Crippen LogP contribution is -2.24. The van der Waals surface area contributed by atoms with Crippen LogP contribution in [0.2, 0.25) is 0 Å². The Hall–Kier alpha value is -1.02. The first-order valence-corrected chi connectivity index (χ1v) is 5.78. The van der Waals surface area contributed by atoms with E-state index in [4.69, 9.17) is 4.74 Å². The zero-order chi connectivity index (χ0) is 10.5. The van der Waals surface area contributed by atoms with Crippen molar-refractivity contribution >= 4 is 0 Å². The predicted molar refractivity (Wildman–Crippen MR) is 62.3 cm³/mol. The van der Waals surface area contributed by atoms with Gasteiger partial charge in [-0.05, 0) is 57.0 Å². The highest BCUT2D eigenvalue weighted by Gasteiger charge is 2.18. The molecular weight excluding hydrogens is 186 g/mol. The summed E-state index contributed by atoms with van der Waals surface area (Å²) in [5.41, 5.74) is 1.35. The quantitative estimate of drug-likeness (QED) is 0.797. The molecule has 1 aliphatic carbocycles. The summed E-state index contributed by atoms with van der Waals surface area (Å²) in [6.07, 6.45) is 5.31. The summed E-state index contributed by atoms with van der Waals surface area (Å²) in [5.74, 6) is 1.04. The highest BCUT2D eigenvalue weighted by Crippen LogP contribution is 2.25. The molecule has 1 aromatic rings. The van der Waals surface area contributed by atoms with Crippen LogP contribution >= 0.6 is 0 Å². The number of rotatable bonds is 5. The molecule has 0 atom stereocenters. The topological polar surface area (TPSA) is 21.3 Å². The SMILES string of the molecule is CNCCc1cccc(OC2CCC2)c1. The molecule has 1 aromatic carbocycles. The molecule has 2 nitrogen and oxygen atoms in total. The summed E-state index contributed by atoms with van der Waals surface area (Å²) >= 11 is 0. The Balaban J connectivity index is 1.92. The summed E-state index contributed by atoms with van der Waals surface area (Å²) in [6.45, 7) is 1.02. The number of ether oxygens (including phenoxy) is 1. The van der Waals surface area contributed by atoms with Crippen LogP contribution in [-0.4, -0.2) is 19.7 Å². The maximum absolute atomic E-state index is 5.85. The van der Waals surface area contributed by atoms with Crippen LogP contribution in [0.1, 0.15) is 24.8 Å². The van der Waals surface area contributed by atoms with Crippen LogP contribution in [0.25, 0.3) is 0 Å². The van der Waals surface area contributed by atoms with Crippen LogP contribution in [0.5, 0.6) is 5.75 Å². The first-order chi connectivity index (χ1) is 7.38. The molecule has 2 rings (SSSR count). The Labute approximate surface area is 91.6 Å². The molecule has 15 heavy (non-hydrogen) atoms. The average molecular weight is 205 g/mol. The highest BCUT2D eigenvalue weighted by molar-refractivity contribution is 5.29. The van der Waals surface area contributed by atoms with Crippen LogP contribution in [0, 0.1) is 0 Å². The van der Waals surface area contributed by atoms with Crippen LogP contribution < -0.4 is 10.1 Å². The molecule has 0 unspecified atom stereocenters.